The van der Waals surface area contributed by atoms with Crippen LogP contribution in [0.3, 0.4) is 0 Å². The molecule has 1 atom stereocenters. The average molecular weight is 876 g/mol. The molecule has 0 saturated heterocycles. The summed E-state index contributed by atoms with van der Waals surface area (Å²) >= 11 is 0. The first kappa shape index (κ1) is 16.8. The van der Waals surface area contributed by atoms with Gasteiger partial charge in [-0.2, -0.15) is 0 Å². The average Bonchev–Trinajstić information content (AvgIpc) is 1.47. The van der Waals surface area contributed by atoms with E-state index >= 15 is 0 Å². The van der Waals surface area contributed by atoms with E-state index in [1.54, 1.807) is 0 Å². The molecule has 0 spiro atoms. The maximum atomic E-state index is 10.8. The Kier molecular flexibility index (Phi) is 4.21. The first-order chi connectivity index (χ1) is 47.7. The third-order valence-electron chi connectivity index (χ3n) is 10.9. The molecule has 1 heteroatoms. The van der Waals surface area contributed by atoms with Crippen molar-refractivity contribution in [2.24, 2.45) is 0 Å². The number of fused-ring (bicyclic) bond motifs is 4. The number of nitrogens with zero attached hydrogens (tertiary/aromatic N) is 1. The zero-order valence-electron chi connectivity index (χ0n) is 69.6. The summed E-state index contributed by atoms with van der Waals surface area (Å²) in [4.78, 5) is 0.398. The van der Waals surface area contributed by atoms with Gasteiger partial charge < -0.3 is 4.90 Å². The van der Waals surface area contributed by atoms with Gasteiger partial charge in [-0.25, -0.2) is 0 Å². The Morgan fingerprint density at radius 1 is 0.318 bits per heavy atom. The van der Waals surface area contributed by atoms with Crippen LogP contribution in [0.4, 0.5) is 17.1 Å². The summed E-state index contributed by atoms with van der Waals surface area (Å²) in [5.41, 5.74) is -14.7. The Morgan fingerprint density at radius 3 is 1.74 bits per heavy atom. The molecular formula is C65H45N. The van der Waals surface area contributed by atoms with Crippen LogP contribution in [0.1, 0.15) is 71.6 Å². The van der Waals surface area contributed by atoms with E-state index in [1.807, 2.05) is 0 Å². The quantitative estimate of drug-likeness (QED) is 0.140. The highest BCUT2D eigenvalue weighted by Gasteiger charge is 2.46. The van der Waals surface area contributed by atoms with Crippen molar-refractivity contribution in [3.63, 3.8) is 0 Å². The van der Waals surface area contributed by atoms with Crippen molar-refractivity contribution in [3.05, 3.63) is 294 Å². The van der Waals surface area contributed by atoms with Crippen LogP contribution < -0.4 is 4.90 Å². The maximum Gasteiger partial charge on any atom is 0.0714 e. The van der Waals surface area contributed by atoms with Crippen LogP contribution in [-0.4, -0.2) is 0 Å². The number of rotatable bonds is 9. The molecule has 1 nitrogen and oxygen atoms in total. The van der Waals surface area contributed by atoms with Gasteiger partial charge in [0.15, 0.2) is 0 Å². The van der Waals surface area contributed by atoms with Crippen molar-refractivity contribution in [2.75, 3.05) is 4.90 Å². The van der Waals surface area contributed by atoms with Gasteiger partial charge in [-0.3, -0.25) is 0 Å². The molecule has 0 heterocycles. The fourth-order valence-corrected chi connectivity index (χ4v) is 8.06. The lowest BCUT2D eigenvalue weighted by molar-refractivity contribution is 0.768. The van der Waals surface area contributed by atoms with Crippen molar-refractivity contribution in [2.45, 2.75) is 5.41 Å². The molecule has 0 N–H and O–H groups in total. The highest BCUT2D eigenvalue weighted by Crippen LogP contribution is 2.57. The molecule has 0 radical (unpaired) electrons. The van der Waals surface area contributed by atoms with Crippen molar-refractivity contribution >= 4 is 27.8 Å². The van der Waals surface area contributed by atoms with Crippen LogP contribution in [0.15, 0.2) is 272 Å². The summed E-state index contributed by atoms with van der Waals surface area (Å²) in [7, 11) is 0. The molecule has 11 aromatic carbocycles. The minimum atomic E-state index is -3.11. The highest BCUT2D eigenvalue weighted by atomic mass is 15.1. The number of hydrogen-bond donors (Lipinski definition) is 0. The Morgan fingerprint density at radius 2 is 0.924 bits per heavy atom. The standard InChI is InChI=1S/C65H45N/c1-5-17-46(18-6-1)48-29-31-52(32-30-48)64-58-26-14-13-21-50(58)37-43-59(64)51-35-40-56(41-36-51)66(55-38-33-49(34-39-55)47-19-7-2-8-20-47)57-42-44-61-60-27-15-16-28-62(60)65(63(61)45-57,53-22-9-3-10-23-53)54-24-11-4-12-25-54/h1-45H/i1D,3D,4D,5D,6D,7D,8D,9D,10D,11D,12D,13D,14D,15D,16D,17D,18D,19D,21D,22D,23D,26D,27D,28D,33D,34D,35D,37D,38D,39D,40D,41D,42D,43D,44D,45D. The molecule has 1 unspecified atom stereocenters. The summed E-state index contributed by atoms with van der Waals surface area (Å²) in [6.45, 7) is 0. The summed E-state index contributed by atoms with van der Waals surface area (Å²) < 4.78 is 333. The lowest BCUT2D eigenvalue weighted by atomic mass is 9.67. The molecule has 310 valence electrons. The van der Waals surface area contributed by atoms with Gasteiger partial charge in [0, 0.05) is 17.1 Å². The second-order valence-electron chi connectivity index (χ2n) is 14.5. The number of hydrogen-bond acceptors (Lipinski definition) is 1. The second kappa shape index (κ2) is 16.6. The van der Waals surface area contributed by atoms with E-state index in [0.29, 0.717) is 4.90 Å². The Balaban J connectivity index is 1.27. The lowest BCUT2D eigenvalue weighted by Gasteiger charge is -2.35. The SMILES string of the molecule is [2H]c1cc([2H])c([2H])c(-c2c([2H])c([2H])c(N(c3c([2H])cc(-c4c([2H])c([2H])c5c([2H])c([2H])c([2H])c([2H])c5c4-c4ccc(-c5c([2H])c([2H])c([2H])c([2H])c5[2H])cc4)c([2H])c3[2H])c3c([2H])c([2H])c4c(c3[2H])C(c3cc([2H])c([2H])c([2H])c3)(c3c([2H])c([2H])c([2H])c([2H])c3[2H])c3c([2H])c([2H])c([2H])c([2H])c3-4)c([2H])c2[2H])c1. The molecule has 1 aliphatic rings. The maximum absolute atomic E-state index is 10.8. The number of anilines is 3. The van der Waals surface area contributed by atoms with Crippen LogP contribution in [0, 0.1) is 0 Å². The molecule has 0 bridgehead atoms. The minimum absolute atomic E-state index is 0.0163. The van der Waals surface area contributed by atoms with Gasteiger partial charge in [0.05, 0.1) is 54.8 Å². The third-order valence-corrected chi connectivity index (χ3v) is 10.9. The third kappa shape index (κ3) is 6.64. The van der Waals surface area contributed by atoms with Crippen LogP contribution in [0.2, 0.25) is 0 Å². The summed E-state index contributed by atoms with van der Waals surface area (Å²) in [5.74, 6) is 0. The van der Waals surface area contributed by atoms with E-state index in [1.165, 1.54) is 24.3 Å². The molecular weight excluding hydrogens is 795 g/mol. The zero-order chi connectivity index (χ0) is 75.2. The van der Waals surface area contributed by atoms with Gasteiger partial charge in [0.1, 0.15) is 0 Å². The molecule has 12 rings (SSSR count). The Hall–Kier alpha value is -8.52. The van der Waals surface area contributed by atoms with Gasteiger partial charge in [0.2, 0.25) is 0 Å². The lowest BCUT2D eigenvalue weighted by Crippen LogP contribution is -2.28. The Labute approximate surface area is 437 Å². The molecule has 0 fully saturated rings. The van der Waals surface area contributed by atoms with Crippen LogP contribution in [0.25, 0.3) is 66.4 Å². The van der Waals surface area contributed by atoms with Gasteiger partial charge in [0.25, 0.3) is 0 Å². The predicted molar refractivity (Wildman–Crippen MR) is 278 cm³/mol. The van der Waals surface area contributed by atoms with Gasteiger partial charge in [-0.05, 0) is 125 Å². The molecule has 0 aliphatic heterocycles. The molecule has 0 saturated carbocycles. The van der Waals surface area contributed by atoms with E-state index in [9.17, 15) is 23.3 Å². The molecule has 11 aromatic rings. The van der Waals surface area contributed by atoms with Crippen molar-refractivity contribution in [1.82, 2.24) is 0 Å². The van der Waals surface area contributed by atoms with E-state index in [0.717, 1.165) is 30.3 Å². The summed E-state index contributed by atoms with van der Waals surface area (Å²) in [6.07, 6.45) is 0. The van der Waals surface area contributed by atoms with Gasteiger partial charge in [-0.15, -0.1) is 0 Å². The van der Waals surface area contributed by atoms with Crippen molar-refractivity contribution < 1.29 is 49.3 Å². The highest BCUT2D eigenvalue weighted by molar-refractivity contribution is 6.04. The molecule has 0 amide bonds. The van der Waals surface area contributed by atoms with E-state index in [-0.39, 0.29) is 22.3 Å². The predicted octanol–water partition coefficient (Wildman–Crippen LogP) is 17.3. The second-order valence-corrected chi connectivity index (χ2v) is 14.5. The van der Waals surface area contributed by atoms with Crippen LogP contribution >= 0.6 is 0 Å². The molecule has 1 aliphatic carbocycles. The van der Waals surface area contributed by atoms with Crippen LogP contribution in [0.5, 0.6) is 0 Å². The van der Waals surface area contributed by atoms with E-state index in [2.05, 4.69) is 0 Å². The fraction of sp³-hybridized carbons (Fsp3) is 0.0154. The molecule has 0 aromatic heterocycles. The first-order valence-electron chi connectivity index (χ1n) is 37.9. The van der Waals surface area contributed by atoms with Gasteiger partial charge >= 0.3 is 0 Å². The van der Waals surface area contributed by atoms with Crippen LogP contribution in [-0.2, 0) is 5.41 Å². The summed E-state index contributed by atoms with van der Waals surface area (Å²) in [5, 5.41) is -1.01. The Bertz CT molecular complexity index is 5560. The largest absolute Gasteiger partial charge is 0.310 e. The van der Waals surface area contributed by atoms with E-state index < -0.39 is 306 Å². The first-order valence-corrected chi connectivity index (χ1v) is 19.9. The zero-order valence-corrected chi connectivity index (χ0v) is 33.6. The van der Waals surface area contributed by atoms with Crippen molar-refractivity contribution in [3.8, 4) is 55.6 Å². The monoisotopic (exact) mass is 876 g/mol. The van der Waals surface area contributed by atoms with Gasteiger partial charge in [-0.1, -0.05) is 236 Å². The topological polar surface area (TPSA) is 3.24 Å². The summed E-state index contributed by atoms with van der Waals surface area (Å²) in [6, 6.07) is -24.8. The van der Waals surface area contributed by atoms with E-state index in [4.69, 9.17) is 26.0 Å². The fourth-order valence-electron chi connectivity index (χ4n) is 8.06. The minimum Gasteiger partial charge on any atom is -0.310 e. The molecule has 66 heavy (non-hydrogen) atoms. The smallest absolute Gasteiger partial charge is 0.0714 e. The number of benzene rings is 11. The van der Waals surface area contributed by atoms with Crippen molar-refractivity contribution in [1.29, 1.82) is 0 Å². The normalized spacial score (nSPS) is 21.5.